The van der Waals surface area contributed by atoms with E-state index in [2.05, 4.69) is 0 Å². The molecule has 0 aliphatic carbocycles. The van der Waals surface area contributed by atoms with Crippen LogP contribution < -0.4 is 14.2 Å². The quantitative estimate of drug-likeness (QED) is 0.438. The van der Waals surface area contributed by atoms with Crippen molar-refractivity contribution in [2.45, 2.75) is 43.2 Å². The van der Waals surface area contributed by atoms with E-state index in [1.54, 1.807) is 18.2 Å². The Morgan fingerprint density at radius 3 is 2.34 bits per heavy atom. The van der Waals surface area contributed by atoms with Crippen LogP contribution >= 0.6 is 23.2 Å². The average molecular weight is 586 g/mol. The van der Waals surface area contributed by atoms with Crippen LogP contribution in [-0.4, -0.2) is 75.3 Å². The summed E-state index contributed by atoms with van der Waals surface area (Å²) in [6, 6.07) is 7.58. The minimum atomic E-state index is -4.18. The summed E-state index contributed by atoms with van der Waals surface area (Å²) in [4.78, 5) is 28.0. The number of carbonyl (C=O) groups excluding carboxylic acids is 2. The second kappa shape index (κ2) is 11.7. The van der Waals surface area contributed by atoms with E-state index in [0.29, 0.717) is 36.5 Å². The van der Waals surface area contributed by atoms with Gasteiger partial charge in [-0.3, -0.25) is 9.59 Å². The smallest absolute Gasteiger partial charge is 0.244 e. The molecule has 206 valence electrons. The molecule has 2 aliphatic heterocycles. The summed E-state index contributed by atoms with van der Waals surface area (Å²) in [5, 5.41) is 0.332. The van der Waals surface area contributed by atoms with Crippen LogP contribution in [0.1, 0.15) is 26.2 Å². The van der Waals surface area contributed by atoms with Gasteiger partial charge in [-0.1, -0.05) is 23.2 Å². The van der Waals surface area contributed by atoms with E-state index < -0.39 is 28.0 Å². The molecule has 2 heterocycles. The minimum absolute atomic E-state index is 0.104. The van der Waals surface area contributed by atoms with Gasteiger partial charge in [0.1, 0.15) is 24.2 Å². The number of piperidine rings is 1. The van der Waals surface area contributed by atoms with Gasteiger partial charge in [-0.15, -0.1) is 0 Å². The van der Waals surface area contributed by atoms with Gasteiger partial charge in [-0.25, -0.2) is 8.42 Å². The number of rotatable bonds is 9. The Morgan fingerprint density at radius 1 is 1.03 bits per heavy atom. The second-order valence-corrected chi connectivity index (χ2v) is 12.0. The van der Waals surface area contributed by atoms with Crippen LogP contribution in [-0.2, 0) is 19.6 Å². The third-order valence-corrected chi connectivity index (χ3v) is 9.36. The lowest BCUT2D eigenvalue weighted by molar-refractivity contribution is -0.135. The number of nitrogens with zero attached hydrogens (tertiary/aromatic N) is 2. The van der Waals surface area contributed by atoms with Crippen molar-refractivity contribution in [1.29, 1.82) is 0 Å². The van der Waals surface area contributed by atoms with Crippen molar-refractivity contribution in [1.82, 2.24) is 9.21 Å². The number of ketones is 1. The Morgan fingerprint density at radius 2 is 1.71 bits per heavy atom. The lowest BCUT2D eigenvalue weighted by atomic mass is 9.88. The summed E-state index contributed by atoms with van der Waals surface area (Å²) in [7, 11) is -1.12. The Labute approximate surface area is 232 Å². The van der Waals surface area contributed by atoms with Crippen molar-refractivity contribution >= 4 is 44.9 Å². The Bertz CT molecular complexity index is 1300. The molecule has 1 amide bonds. The van der Waals surface area contributed by atoms with Gasteiger partial charge in [0, 0.05) is 28.7 Å². The first-order valence-corrected chi connectivity index (χ1v) is 14.4. The number of benzene rings is 2. The molecule has 2 aromatic carbocycles. The van der Waals surface area contributed by atoms with Gasteiger partial charge in [0.25, 0.3) is 0 Å². The number of halogens is 2. The van der Waals surface area contributed by atoms with Crippen LogP contribution in [0.2, 0.25) is 10.0 Å². The van der Waals surface area contributed by atoms with E-state index in [4.69, 9.17) is 37.4 Å². The largest absolute Gasteiger partial charge is 0.493 e. The number of Topliss-reactive ketones (excluding diaryl/α,β-unsaturated/α-hetero) is 1. The molecule has 2 fully saturated rings. The molecular formula is C26H30Cl2N2O7S. The van der Waals surface area contributed by atoms with Gasteiger partial charge in [0.05, 0.1) is 31.6 Å². The van der Waals surface area contributed by atoms with Gasteiger partial charge in [0.15, 0.2) is 11.5 Å². The molecule has 0 N–H and O–H groups in total. The number of hydrogen-bond donors (Lipinski definition) is 0. The van der Waals surface area contributed by atoms with Crippen molar-refractivity contribution in [3.8, 4) is 17.2 Å². The summed E-state index contributed by atoms with van der Waals surface area (Å²) in [5.74, 6) is 0.361. The van der Waals surface area contributed by atoms with Crippen LogP contribution in [0.15, 0.2) is 41.3 Å². The first-order valence-electron chi connectivity index (χ1n) is 12.2. The molecule has 4 rings (SSSR count). The minimum Gasteiger partial charge on any atom is -0.493 e. The van der Waals surface area contributed by atoms with E-state index in [0.717, 1.165) is 0 Å². The summed E-state index contributed by atoms with van der Waals surface area (Å²) < 4.78 is 45.4. The molecule has 2 bridgehead atoms. The zero-order valence-electron chi connectivity index (χ0n) is 21.4. The third-order valence-electron chi connectivity index (χ3n) is 7.01. The van der Waals surface area contributed by atoms with Crippen molar-refractivity contribution in [3.05, 3.63) is 46.4 Å². The molecule has 0 radical (unpaired) electrons. The van der Waals surface area contributed by atoms with Crippen molar-refractivity contribution in [2.24, 2.45) is 5.92 Å². The second-order valence-electron chi connectivity index (χ2n) is 9.32. The molecule has 0 spiro atoms. The maximum Gasteiger partial charge on any atom is 0.244 e. The van der Waals surface area contributed by atoms with Gasteiger partial charge < -0.3 is 19.1 Å². The van der Waals surface area contributed by atoms with Gasteiger partial charge >= 0.3 is 0 Å². The first kappa shape index (κ1) is 28.5. The lowest BCUT2D eigenvalue weighted by Gasteiger charge is -2.40. The van der Waals surface area contributed by atoms with Crippen LogP contribution in [0.3, 0.4) is 0 Å². The topological polar surface area (TPSA) is 102 Å². The summed E-state index contributed by atoms with van der Waals surface area (Å²) in [5.41, 5.74) is 0. The molecule has 9 nitrogen and oxygen atoms in total. The van der Waals surface area contributed by atoms with E-state index in [1.165, 1.54) is 48.5 Å². The SMILES string of the molecule is COc1ccc(OCCN2C[C@H](C(C)=O)[C@H]3CCC[C@@H](C2=O)N3S(=O)(=O)c2cc(Cl)cc(Cl)c2)cc1OC. The maximum absolute atomic E-state index is 13.9. The molecule has 0 aromatic heterocycles. The van der Waals surface area contributed by atoms with Crippen LogP contribution in [0, 0.1) is 5.92 Å². The Balaban J connectivity index is 1.61. The van der Waals surface area contributed by atoms with Crippen LogP contribution in [0.5, 0.6) is 17.2 Å². The van der Waals surface area contributed by atoms with E-state index in [-0.39, 0.29) is 46.3 Å². The van der Waals surface area contributed by atoms with Crippen molar-refractivity contribution in [3.63, 3.8) is 0 Å². The van der Waals surface area contributed by atoms with Gasteiger partial charge in [0.2, 0.25) is 15.9 Å². The summed E-state index contributed by atoms with van der Waals surface area (Å²) >= 11 is 12.2. The monoisotopic (exact) mass is 584 g/mol. The number of amides is 1. The molecule has 2 aliphatic rings. The first-order chi connectivity index (χ1) is 18.1. The zero-order valence-corrected chi connectivity index (χ0v) is 23.7. The maximum atomic E-state index is 13.9. The van der Waals surface area contributed by atoms with E-state index >= 15 is 0 Å². The number of methoxy groups -OCH3 is 2. The fourth-order valence-electron chi connectivity index (χ4n) is 5.20. The average Bonchev–Trinajstić information content (AvgIpc) is 2.95. The number of sulfonamides is 1. The van der Waals surface area contributed by atoms with Gasteiger partial charge in [-0.05, 0) is 56.5 Å². The van der Waals surface area contributed by atoms with Crippen LogP contribution in [0.4, 0.5) is 0 Å². The Kier molecular flexibility index (Phi) is 8.76. The van der Waals surface area contributed by atoms with Crippen LogP contribution in [0.25, 0.3) is 0 Å². The Hall–Kier alpha value is -2.53. The number of hydrogen-bond acceptors (Lipinski definition) is 7. The standard InChI is InChI=1S/C26H30Cl2N2O7S/c1-16(31)21-15-29(9-10-37-19-7-8-24(35-2)25(14-19)36-3)26(32)23-6-4-5-22(21)30(23)38(33,34)20-12-17(27)11-18(28)13-20/h7-8,11-14,21-23H,4-6,9-10,15H2,1-3H3/t21-,22-,23+/m1/s1. The highest BCUT2D eigenvalue weighted by Gasteiger charge is 2.51. The molecule has 38 heavy (non-hydrogen) atoms. The highest BCUT2D eigenvalue weighted by atomic mass is 35.5. The fourth-order valence-corrected chi connectivity index (χ4v) is 7.79. The predicted molar refractivity (Wildman–Crippen MR) is 143 cm³/mol. The predicted octanol–water partition coefficient (Wildman–Crippen LogP) is 4.05. The highest BCUT2D eigenvalue weighted by molar-refractivity contribution is 7.89. The fraction of sp³-hybridized carbons (Fsp3) is 0.462. The highest BCUT2D eigenvalue weighted by Crippen LogP contribution is 2.38. The molecule has 0 unspecified atom stereocenters. The third kappa shape index (κ3) is 5.73. The molecule has 3 atom stereocenters. The molecular weight excluding hydrogens is 555 g/mol. The summed E-state index contributed by atoms with van der Waals surface area (Å²) in [6.07, 6.45) is 1.45. The van der Waals surface area contributed by atoms with E-state index in [9.17, 15) is 18.0 Å². The molecule has 0 saturated carbocycles. The van der Waals surface area contributed by atoms with Crippen molar-refractivity contribution < 1.29 is 32.2 Å². The molecule has 2 saturated heterocycles. The number of carbonyl (C=O) groups is 2. The normalized spacial score (nSPS) is 22.1. The summed E-state index contributed by atoms with van der Waals surface area (Å²) in [6.45, 7) is 1.85. The molecule has 12 heteroatoms. The number of fused-ring (bicyclic) bond motifs is 2. The number of ether oxygens (including phenoxy) is 3. The molecule has 2 aromatic rings. The van der Waals surface area contributed by atoms with Crippen molar-refractivity contribution in [2.75, 3.05) is 33.9 Å². The van der Waals surface area contributed by atoms with E-state index in [1.807, 2.05) is 0 Å². The lowest BCUT2D eigenvalue weighted by Crippen LogP contribution is -2.55. The van der Waals surface area contributed by atoms with Gasteiger partial charge in [-0.2, -0.15) is 4.31 Å². The zero-order chi connectivity index (χ0) is 27.6.